The van der Waals surface area contributed by atoms with Gasteiger partial charge in [-0.2, -0.15) is 0 Å². The average molecular weight is 203 g/mol. The summed E-state index contributed by atoms with van der Waals surface area (Å²) in [4.78, 5) is 21.5. The minimum absolute atomic E-state index is 0.145. The molecule has 0 radical (unpaired) electrons. The van der Waals surface area contributed by atoms with E-state index in [4.69, 9.17) is 16.2 Å². The van der Waals surface area contributed by atoms with E-state index in [0.717, 1.165) is 0 Å². The van der Waals surface area contributed by atoms with E-state index in [0.29, 0.717) is 6.54 Å². The lowest BCUT2D eigenvalue weighted by Crippen LogP contribution is -2.33. The molecule has 6 nitrogen and oxygen atoms in total. The van der Waals surface area contributed by atoms with Crippen molar-refractivity contribution in [2.45, 2.75) is 18.9 Å². The smallest absolute Gasteiger partial charge is 0.222 e. The second-order valence-corrected chi connectivity index (χ2v) is 2.86. The molecular weight excluding hydrogens is 186 g/mol. The van der Waals surface area contributed by atoms with Gasteiger partial charge in [-0.25, -0.2) is 0 Å². The van der Waals surface area contributed by atoms with E-state index in [9.17, 15) is 9.59 Å². The van der Waals surface area contributed by atoms with Gasteiger partial charge in [-0.1, -0.05) is 0 Å². The highest BCUT2D eigenvalue weighted by Crippen LogP contribution is 1.93. The van der Waals surface area contributed by atoms with Crippen LogP contribution in [-0.4, -0.2) is 38.1 Å². The lowest BCUT2D eigenvalue weighted by Gasteiger charge is -2.11. The first-order valence-electron chi connectivity index (χ1n) is 4.38. The number of methoxy groups -OCH3 is 1. The summed E-state index contributed by atoms with van der Waals surface area (Å²) in [5.74, 6) is -0.629. The van der Waals surface area contributed by atoms with E-state index >= 15 is 0 Å². The van der Waals surface area contributed by atoms with Crippen LogP contribution in [0.2, 0.25) is 0 Å². The molecule has 0 aromatic rings. The van der Waals surface area contributed by atoms with Crippen LogP contribution in [0.5, 0.6) is 0 Å². The van der Waals surface area contributed by atoms with Gasteiger partial charge in [0.2, 0.25) is 11.8 Å². The molecule has 0 aromatic heterocycles. The molecule has 5 N–H and O–H groups in total. The number of hydrogen-bond donors (Lipinski definition) is 3. The summed E-state index contributed by atoms with van der Waals surface area (Å²) < 4.78 is 4.92. The van der Waals surface area contributed by atoms with Gasteiger partial charge in [0.05, 0.1) is 12.5 Å². The number of hydrogen-bond acceptors (Lipinski definition) is 4. The molecule has 82 valence electrons. The van der Waals surface area contributed by atoms with E-state index in [2.05, 4.69) is 5.32 Å². The molecule has 0 saturated carbocycles. The van der Waals surface area contributed by atoms with Crippen molar-refractivity contribution >= 4 is 11.8 Å². The molecule has 14 heavy (non-hydrogen) atoms. The number of primary amides is 1. The van der Waals surface area contributed by atoms with Gasteiger partial charge in [0.1, 0.15) is 0 Å². The van der Waals surface area contributed by atoms with Crippen molar-refractivity contribution in [1.29, 1.82) is 0 Å². The van der Waals surface area contributed by atoms with Crippen LogP contribution < -0.4 is 16.8 Å². The second kappa shape index (κ2) is 7.28. The maximum Gasteiger partial charge on any atom is 0.222 e. The maximum absolute atomic E-state index is 11.2. The lowest BCUT2D eigenvalue weighted by atomic mass is 10.2. The van der Waals surface area contributed by atoms with E-state index in [1.165, 1.54) is 7.11 Å². The molecule has 0 aromatic carbocycles. The van der Waals surface area contributed by atoms with Crippen LogP contribution in [-0.2, 0) is 14.3 Å². The first kappa shape index (κ1) is 12.9. The Morgan fingerprint density at radius 3 is 2.57 bits per heavy atom. The summed E-state index contributed by atoms with van der Waals surface area (Å²) in [5, 5.41) is 2.54. The maximum atomic E-state index is 11.2. The molecule has 6 heteroatoms. The van der Waals surface area contributed by atoms with Gasteiger partial charge in [0.25, 0.3) is 0 Å². The summed E-state index contributed by atoms with van der Waals surface area (Å²) in [7, 11) is 1.49. The third kappa shape index (κ3) is 6.38. The quantitative estimate of drug-likeness (QED) is 0.460. The minimum atomic E-state index is -0.438. The van der Waals surface area contributed by atoms with E-state index in [1.54, 1.807) is 0 Å². The summed E-state index contributed by atoms with van der Waals surface area (Å²) in [6, 6.07) is 0. The van der Waals surface area contributed by atoms with Crippen molar-refractivity contribution in [3.05, 3.63) is 0 Å². The summed E-state index contributed by atoms with van der Waals surface area (Å²) in [5.41, 5.74) is 10.2. The largest absolute Gasteiger partial charge is 0.380 e. The standard InChI is InChI=1S/C8H17N3O3/c1-14-6(5-9)4-8(13)11-3-2-7(10)12/h6H,2-5,9H2,1H3,(H2,10,12)(H,11,13). The highest BCUT2D eigenvalue weighted by atomic mass is 16.5. The van der Waals surface area contributed by atoms with Crippen molar-refractivity contribution in [2.75, 3.05) is 20.2 Å². The Hall–Kier alpha value is -1.14. The zero-order valence-electron chi connectivity index (χ0n) is 8.29. The molecule has 0 saturated heterocycles. The summed E-state index contributed by atoms with van der Waals surface area (Å²) >= 11 is 0. The topological polar surface area (TPSA) is 107 Å². The first-order valence-corrected chi connectivity index (χ1v) is 4.38. The number of nitrogens with one attached hydrogen (secondary N) is 1. The van der Waals surface area contributed by atoms with Gasteiger partial charge in [0.15, 0.2) is 0 Å². The molecule has 0 aliphatic carbocycles. The summed E-state index contributed by atoms with van der Waals surface area (Å²) in [6.45, 7) is 0.551. The Kier molecular flexibility index (Phi) is 6.69. The van der Waals surface area contributed by atoms with E-state index in [1.807, 2.05) is 0 Å². The molecule has 0 aliphatic heterocycles. The molecule has 0 heterocycles. The number of rotatable bonds is 7. The predicted octanol–water partition coefficient (Wildman–Crippen LogP) is -1.66. The Morgan fingerprint density at radius 2 is 2.14 bits per heavy atom. The van der Waals surface area contributed by atoms with Gasteiger partial charge in [-0.05, 0) is 0 Å². The van der Waals surface area contributed by atoms with Crippen LogP contribution in [0.15, 0.2) is 0 Å². The number of ether oxygens (including phenoxy) is 1. The molecule has 0 fully saturated rings. The van der Waals surface area contributed by atoms with Crippen molar-refractivity contribution in [3.8, 4) is 0 Å². The fraction of sp³-hybridized carbons (Fsp3) is 0.750. The second-order valence-electron chi connectivity index (χ2n) is 2.86. The molecule has 0 rings (SSSR count). The minimum Gasteiger partial charge on any atom is -0.380 e. The van der Waals surface area contributed by atoms with Crippen LogP contribution in [0.4, 0.5) is 0 Å². The third-order valence-corrected chi connectivity index (χ3v) is 1.70. The molecule has 0 bridgehead atoms. The Labute approximate surface area is 83.0 Å². The van der Waals surface area contributed by atoms with Crippen molar-refractivity contribution in [2.24, 2.45) is 11.5 Å². The molecule has 2 amide bonds. The first-order chi connectivity index (χ1) is 6.60. The SMILES string of the molecule is COC(CN)CC(=O)NCCC(N)=O. The fourth-order valence-corrected chi connectivity index (χ4v) is 0.867. The number of carbonyl (C=O) groups is 2. The van der Waals surface area contributed by atoms with Crippen LogP contribution >= 0.6 is 0 Å². The molecule has 1 unspecified atom stereocenters. The summed E-state index contributed by atoms with van der Waals surface area (Å²) in [6.07, 6.45) is 0.0706. The molecular formula is C8H17N3O3. The van der Waals surface area contributed by atoms with Crippen LogP contribution in [0.25, 0.3) is 0 Å². The van der Waals surface area contributed by atoms with Crippen molar-refractivity contribution in [3.63, 3.8) is 0 Å². The van der Waals surface area contributed by atoms with Crippen LogP contribution in [0, 0.1) is 0 Å². The average Bonchev–Trinajstić information content (AvgIpc) is 2.13. The van der Waals surface area contributed by atoms with E-state index in [-0.39, 0.29) is 31.4 Å². The highest BCUT2D eigenvalue weighted by molar-refractivity contribution is 5.78. The monoisotopic (exact) mass is 203 g/mol. The van der Waals surface area contributed by atoms with E-state index < -0.39 is 5.91 Å². The third-order valence-electron chi connectivity index (χ3n) is 1.70. The van der Waals surface area contributed by atoms with Crippen molar-refractivity contribution in [1.82, 2.24) is 5.32 Å². The Bertz CT molecular complexity index is 192. The van der Waals surface area contributed by atoms with Crippen molar-refractivity contribution < 1.29 is 14.3 Å². The molecule has 1 atom stereocenters. The lowest BCUT2D eigenvalue weighted by molar-refractivity contribution is -0.123. The van der Waals surface area contributed by atoms with Gasteiger partial charge >= 0.3 is 0 Å². The van der Waals surface area contributed by atoms with Crippen LogP contribution in [0.1, 0.15) is 12.8 Å². The van der Waals surface area contributed by atoms with Gasteiger partial charge in [0, 0.05) is 26.6 Å². The molecule has 0 aliphatic rings. The highest BCUT2D eigenvalue weighted by Gasteiger charge is 2.10. The number of amides is 2. The Balaban J connectivity index is 3.59. The van der Waals surface area contributed by atoms with Gasteiger partial charge < -0.3 is 21.5 Å². The van der Waals surface area contributed by atoms with Gasteiger partial charge in [-0.15, -0.1) is 0 Å². The number of nitrogens with two attached hydrogens (primary N) is 2. The van der Waals surface area contributed by atoms with Crippen LogP contribution in [0.3, 0.4) is 0 Å². The van der Waals surface area contributed by atoms with Gasteiger partial charge in [-0.3, -0.25) is 9.59 Å². The fourth-order valence-electron chi connectivity index (χ4n) is 0.867. The molecule has 0 spiro atoms. The normalized spacial score (nSPS) is 12.1. The predicted molar refractivity (Wildman–Crippen MR) is 51.3 cm³/mol. The zero-order valence-corrected chi connectivity index (χ0v) is 8.29. The zero-order chi connectivity index (χ0) is 11.0. The Morgan fingerprint density at radius 1 is 1.50 bits per heavy atom. The number of carbonyl (C=O) groups excluding carboxylic acids is 2.